The molecule has 29 heavy (non-hydrogen) atoms. The van der Waals surface area contributed by atoms with Crippen LogP contribution in [0.2, 0.25) is 0 Å². The molecular formula is C21H20N4O3S. The van der Waals surface area contributed by atoms with E-state index in [0.717, 1.165) is 33.7 Å². The first-order valence-corrected chi connectivity index (χ1v) is 10.7. The number of nitrogens with two attached hydrogens (primary N) is 1. The van der Waals surface area contributed by atoms with Crippen LogP contribution >= 0.6 is 0 Å². The van der Waals surface area contributed by atoms with Crippen molar-refractivity contribution in [2.24, 2.45) is 0 Å². The minimum atomic E-state index is -3.38. The SMILES string of the molecule is COc1cc(NS(C)(=O)=O)ccc1Nc1c2ccccc2nc2ccc(N)cc12. The monoisotopic (exact) mass is 408 g/mol. The van der Waals surface area contributed by atoms with Crippen molar-refractivity contribution < 1.29 is 13.2 Å². The summed E-state index contributed by atoms with van der Waals surface area (Å²) < 4.78 is 31.0. The number of nitrogens with zero attached hydrogens (tertiary/aromatic N) is 1. The number of hydrogen-bond donors (Lipinski definition) is 3. The van der Waals surface area contributed by atoms with E-state index in [9.17, 15) is 8.42 Å². The molecule has 8 heteroatoms. The van der Waals surface area contributed by atoms with Crippen molar-refractivity contribution in [1.82, 2.24) is 4.98 Å². The molecule has 0 saturated heterocycles. The second-order valence-corrected chi connectivity index (χ2v) is 8.44. The molecule has 0 aliphatic heterocycles. The zero-order valence-corrected chi connectivity index (χ0v) is 16.7. The molecule has 0 radical (unpaired) electrons. The van der Waals surface area contributed by atoms with Gasteiger partial charge in [0.1, 0.15) is 5.75 Å². The molecule has 0 fully saturated rings. The van der Waals surface area contributed by atoms with Gasteiger partial charge in [0, 0.05) is 22.5 Å². The van der Waals surface area contributed by atoms with E-state index in [1.807, 2.05) is 42.5 Å². The van der Waals surface area contributed by atoms with E-state index < -0.39 is 10.0 Å². The number of pyridine rings is 1. The van der Waals surface area contributed by atoms with Crippen molar-refractivity contribution in [3.05, 3.63) is 60.7 Å². The molecule has 4 aromatic rings. The summed E-state index contributed by atoms with van der Waals surface area (Å²) in [5.74, 6) is 0.497. The Balaban J connectivity index is 1.88. The standard InChI is InChI=1S/C21H20N4O3S/c1-28-20-12-14(25-29(2,26)27)8-10-19(20)24-21-15-5-3-4-6-17(15)23-18-9-7-13(22)11-16(18)21/h3-12,25H,22H2,1-2H3,(H,23,24). The Morgan fingerprint density at radius 1 is 0.966 bits per heavy atom. The van der Waals surface area contributed by atoms with Crippen LogP contribution in [0.1, 0.15) is 0 Å². The van der Waals surface area contributed by atoms with Crippen LogP contribution in [0.3, 0.4) is 0 Å². The molecule has 1 heterocycles. The van der Waals surface area contributed by atoms with Crippen LogP contribution in [0.15, 0.2) is 60.7 Å². The topological polar surface area (TPSA) is 106 Å². The second-order valence-electron chi connectivity index (χ2n) is 6.69. The van der Waals surface area contributed by atoms with Gasteiger partial charge in [-0.15, -0.1) is 0 Å². The summed E-state index contributed by atoms with van der Waals surface area (Å²) in [6.45, 7) is 0. The van der Waals surface area contributed by atoms with Gasteiger partial charge in [-0.05, 0) is 36.4 Å². The number of sulfonamides is 1. The zero-order chi connectivity index (χ0) is 20.6. The average Bonchev–Trinajstić information content (AvgIpc) is 2.68. The fourth-order valence-electron chi connectivity index (χ4n) is 3.25. The summed E-state index contributed by atoms with van der Waals surface area (Å²) in [5, 5.41) is 5.24. The Morgan fingerprint density at radius 2 is 1.72 bits per heavy atom. The van der Waals surface area contributed by atoms with Gasteiger partial charge in [-0.3, -0.25) is 4.72 Å². The molecular weight excluding hydrogens is 388 g/mol. The predicted molar refractivity (Wildman–Crippen MR) is 118 cm³/mol. The van der Waals surface area contributed by atoms with E-state index in [0.29, 0.717) is 22.8 Å². The molecule has 3 aromatic carbocycles. The van der Waals surface area contributed by atoms with Crippen LogP contribution in [-0.2, 0) is 10.0 Å². The quantitative estimate of drug-likeness (QED) is 0.339. The van der Waals surface area contributed by atoms with Gasteiger partial charge in [-0.1, -0.05) is 18.2 Å². The van der Waals surface area contributed by atoms with Crippen molar-refractivity contribution in [2.75, 3.05) is 29.1 Å². The lowest BCUT2D eigenvalue weighted by Gasteiger charge is -2.17. The van der Waals surface area contributed by atoms with Gasteiger partial charge in [-0.2, -0.15) is 0 Å². The summed E-state index contributed by atoms with van der Waals surface area (Å²) in [7, 11) is -1.85. The number of hydrogen-bond acceptors (Lipinski definition) is 6. The number of nitrogen functional groups attached to an aromatic ring is 1. The molecule has 0 saturated carbocycles. The summed E-state index contributed by atoms with van der Waals surface area (Å²) in [4.78, 5) is 4.71. The highest BCUT2D eigenvalue weighted by Crippen LogP contribution is 2.37. The maximum Gasteiger partial charge on any atom is 0.229 e. The minimum Gasteiger partial charge on any atom is -0.494 e. The van der Waals surface area contributed by atoms with E-state index in [4.69, 9.17) is 15.5 Å². The average molecular weight is 408 g/mol. The third-order valence-corrected chi connectivity index (χ3v) is 5.08. The first-order valence-electron chi connectivity index (χ1n) is 8.85. The molecule has 7 nitrogen and oxygen atoms in total. The number of nitrogens with one attached hydrogen (secondary N) is 2. The fourth-order valence-corrected chi connectivity index (χ4v) is 3.81. The molecule has 0 atom stereocenters. The third kappa shape index (κ3) is 3.88. The Hall–Kier alpha value is -3.52. The lowest BCUT2D eigenvalue weighted by Crippen LogP contribution is -2.09. The van der Waals surface area contributed by atoms with E-state index in [1.54, 1.807) is 18.2 Å². The molecule has 0 bridgehead atoms. The van der Waals surface area contributed by atoms with E-state index in [1.165, 1.54) is 7.11 Å². The van der Waals surface area contributed by atoms with Crippen LogP contribution in [0, 0.1) is 0 Å². The molecule has 0 aliphatic rings. The fraction of sp³-hybridized carbons (Fsp3) is 0.0952. The van der Waals surface area contributed by atoms with Crippen LogP contribution in [0.25, 0.3) is 21.8 Å². The van der Waals surface area contributed by atoms with Gasteiger partial charge in [0.2, 0.25) is 10.0 Å². The Morgan fingerprint density at radius 3 is 2.48 bits per heavy atom. The smallest absolute Gasteiger partial charge is 0.229 e. The number of aromatic nitrogens is 1. The lowest BCUT2D eigenvalue weighted by molar-refractivity contribution is 0.417. The first kappa shape index (κ1) is 18.8. The van der Waals surface area contributed by atoms with Crippen molar-refractivity contribution in [3.63, 3.8) is 0 Å². The number of para-hydroxylation sites is 1. The molecule has 4 N–H and O–H groups in total. The van der Waals surface area contributed by atoms with E-state index in [2.05, 4.69) is 10.0 Å². The predicted octanol–water partition coefficient (Wildman–Crippen LogP) is 4.09. The summed E-state index contributed by atoms with van der Waals surface area (Å²) in [5.41, 5.74) is 10.3. The lowest BCUT2D eigenvalue weighted by atomic mass is 10.1. The van der Waals surface area contributed by atoms with Crippen molar-refractivity contribution in [2.45, 2.75) is 0 Å². The third-order valence-electron chi connectivity index (χ3n) is 4.47. The second kappa shape index (κ2) is 7.14. The molecule has 0 spiro atoms. The van der Waals surface area contributed by atoms with Crippen molar-refractivity contribution in [3.8, 4) is 5.75 Å². The first-order chi connectivity index (χ1) is 13.8. The largest absolute Gasteiger partial charge is 0.494 e. The number of rotatable bonds is 5. The highest BCUT2D eigenvalue weighted by Gasteiger charge is 2.13. The van der Waals surface area contributed by atoms with Gasteiger partial charge >= 0.3 is 0 Å². The van der Waals surface area contributed by atoms with E-state index in [-0.39, 0.29) is 0 Å². The molecule has 4 rings (SSSR count). The summed E-state index contributed by atoms with van der Waals surface area (Å²) in [6, 6.07) is 18.5. The molecule has 148 valence electrons. The highest BCUT2D eigenvalue weighted by molar-refractivity contribution is 7.92. The van der Waals surface area contributed by atoms with Gasteiger partial charge in [-0.25, -0.2) is 13.4 Å². The van der Waals surface area contributed by atoms with Crippen molar-refractivity contribution >= 4 is 54.6 Å². The van der Waals surface area contributed by atoms with E-state index >= 15 is 0 Å². The molecule has 0 unspecified atom stereocenters. The number of benzene rings is 3. The van der Waals surface area contributed by atoms with Crippen LogP contribution < -0.4 is 20.5 Å². The zero-order valence-electron chi connectivity index (χ0n) is 15.9. The Kier molecular flexibility index (Phi) is 4.63. The number of fused-ring (bicyclic) bond motifs is 2. The van der Waals surface area contributed by atoms with Crippen LogP contribution in [0.4, 0.5) is 22.7 Å². The van der Waals surface area contributed by atoms with Gasteiger partial charge < -0.3 is 15.8 Å². The number of ether oxygens (including phenoxy) is 1. The van der Waals surface area contributed by atoms with Crippen LogP contribution in [0.5, 0.6) is 5.75 Å². The minimum absolute atomic E-state index is 0.420. The maximum atomic E-state index is 11.5. The van der Waals surface area contributed by atoms with Crippen molar-refractivity contribution in [1.29, 1.82) is 0 Å². The number of anilines is 4. The van der Waals surface area contributed by atoms with Gasteiger partial charge in [0.05, 0.1) is 41.5 Å². The van der Waals surface area contributed by atoms with Crippen LogP contribution in [-0.4, -0.2) is 26.8 Å². The Bertz CT molecular complexity index is 1340. The summed E-state index contributed by atoms with van der Waals surface area (Å²) in [6.07, 6.45) is 1.10. The Labute approximate surface area is 168 Å². The maximum absolute atomic E-state index is 11.5. The molecule has 1 aromatic heterocycles. The normalized spacial score (nSPS) is 11.5. The summed E-state index contributed by atoms with van der Waals surface area (Å²) >= 11 is 0. The number of methoxy groups -OCH3 is 1. The highest BCUT2D eigenvalue weighted by atomic mass is 32.2. The molecule has 0 aliphatic carbocycles. The van der Waals surface area contributed by atoms with Gasteiger partial charge in [0.25, 0.3) is 0 Å². The van der Waals surface area contributed by atoms with Gasteiger partial charge in [0.15, 0.2) is 0 Å². The molecule has 0 amide bonds.